The van der Waals surface area contributed by atoms with Crippen molar-refractivity contribution in [2.24, 2.45) is 4.99 Å². The number of methoxy groups -OCH3 is 3. The summed E-state index contributed by atoms with van der Waals surface area (Å²) in [5.41, 5.74) is 1.88. The maximum atomic E-state index is 13.2. The van der Waals surface area contributed by atoms with Gasteiger partial charge in [-0.2, -0.15) is 0 Å². The number of carbonyl (C=O) groups is 1. The lowest BCUT2D eigenvalue weighted by atomic mass is 10.1. The topological polar surface area (TPSA) is 63.6 Å². The minimum Gasteiger partial charge on any atom is -0.493 e. The van der Waals surface area contributed by atoms with Crippen LogP contribution in [-0.4, -0.2) is 49.8 Å². The van der Waals surface area contributed by atoms with Crippen molar-refractivity contribution in [1.82, 2.24) is 4.90 Å². The van der Waals surface area contributed by atoms with Crippen molar-refractivity contribution >= 4 is 34.6 Å². The van der Waals surface area contributed by atoms with Crippen LogP contribution in [0.2, 0.25) is 0 Å². The smallest absolute Gasteiger partial charge is 0.280 e. The highest BCUT2D eigenvalue weighted by Crippen LogP contribution is 2.39. The van der Waals surface area contributed by atoms with Crippen LogP contribution >= 0.6 is 11.8 Å². The fourth-order valence-electron chi connectivity index (χ4n) is 3.26. The number of amidine groups is 1. The van der Waals surface area contributed by atoms with E-state index in [-0.39, 0.29) is 11.7 Å². The molecule has 0 saturated carbocycles. The standard InChI is InChI=1S/C21H20FN3O4S/c1-27-17-9-13(10-18(28-2)19(17)29-3)8-16-20(26)25-11-24(12-30-21(25)23-16)15-6-4-14(22)5-7-15/h4-10H,11-12H2,1-3H3/b16-8-. The third-order valence-electron chi connectivity index (χ3n) is 4.76. The molecule has 2 aliphatic rings. The molecule has 2 aromatic rings. The number of nitrogens with zero attached hydrogens (tertiary/aromatic N) is 3. The largest absolute Gasteiger partial charge is 0.493 e. The average Bonchev–Trinajstić information content (AvgIpc) is 3.08. The van der Waals surface area contributed by atoms with E-state index in [1.54, 1.807) is 35.2 Å². The van der Waals surface area contributed by atoms with Gasteiger partial charge in [0, 0.05) is 5.69 Å². The van der Waals surface area contributed by atoms with Crippen LogP contribution in [0, 0.1) is 5.82 Å². The minimum atomic E-state index is -0.293. The van der Waals surface area contributed by atoms with Crippen LogP contribution in [0.1, 0.15) is 5.56 Å². The summed E-state index contributed by atoms with van der Waals surface area (Å²) in [7, 11) is 4.61. The van der Waals surface area contributed by atoms with E-state index in [1.807, 2.05) is 4.90 Å². The molecule has 1 amide bonds. The van der Waals surface area contributed by atoms with Crippen LogP contribution in [0.4, 0.5) is 10.1 Å². The minimum absolute atomic E-state index is 0.196. The third-order valence-corrected chi connectivity index (χ3v) is 5.77. The number of hydrogen-bond donors (Lipinski definition) is 0. The monoisotopic (exact) mass is 429 g/mol. The SMILES string of the molecule is COc1cc(/C=C2\N=C3SCN(c4ccc(F)cc4)CN3C2=O)cc(OC)c1OC. The van der Waals surface area contributed by atoms with E-state index < -0.39 is 0 Å². The van der Waals surface area contributed by atoms with Gasteiger partial charge in [-0.1, -0.05) is 11.8 Å². The predicted molar refractivity (Wildman–Crippen MR) is 115 cm³/mol. The fraction of sp³-hybridized carbons (Fsp3) is 0.238. The first-order chi connectivity index (χ1) is 14.5. The van der Waals surface area contributed by atoms with Gasteiger partial charge in [-0.25, -0.2) is 9.38 Å². The van der Waals surface area contributed by atoms with Gasteiger partial charge in [-0.05, 0) is 48.0 Å². The molecular weight excluding hydrogens is 409 g/mol. The van der Waals surface area contributed by atoms with Crippen LogP contribution in [0.25, 0.3) is 6.08 Å². The quantitative estimate of drug-likeness (QED) is 0.678. The molecule has 9 heteroatoms. The molecule has 0 spiro atoms. The molecule has 2 aliphatic heterocycles. The lowest BCUT2D eigenvalue weighted by molar-refractivity contribution is -0.122. The number of amides is 1. The van der Waals surface area contributed by atoms with Crippen molar-refractivity contribution < 1.29 is 23.4 Å². The molecule has 0 unspecified atom stereocenters. The highest BCUT2D eigenvalue weighted by molar-refractivity contribution is 8.14. The number of ether oxygens (including phenoxy) is 3. The Morgan fingerprint density at radius 1 is 1.07 bits per heavy atom. The number of rotatable bonds is 5. The second kappa shape index (κ2) is 8.27. The first-order valence-electron chi connectivity index (χ1n) is 9.09. The molecule has 0 bridgehead atoms. The van der Waals surface area contributed by atoms with Crippen molar-refractivity contribution in [1.29, 1.82) is 0 Å². The summed E-state index contributed by atoms with van der Waals surface area (Å²) in [5.74, 6) is 1.60. The molecular formula is C21H20FN3O4S. The Kier molecular flexibility index (Phi) is 5.54. The summed E-state index contributed by atoms with van der Waals surface area (Å²) in [6.07, 6.45) is 1.70. The number of halogens is 1. The fourth-order valence-corrected chi connectivity index (χ4v) is 4.22. The van der Waals surface area contributed by atoms with Crippen LogP contribution in [0.3, 0.4) is 0 Å². The van der Waals surface area contributed by atoms with Gasteiger partial charge in [0.2, 0.25) is 5.75 Å². The van der Waals surface area contributed by atoms with Gasteiger partial charge in [0.15, 0.2) is 16.7 Å². The Balaban J connectivity index is 1.59. The summed E-state index contributed by atoms with van der Waals surface area (Å²) < 4.78 is 29.3. The van der Waals surface area contributed by atoms with E-state index >= 15 is 0 Å². The molecule has 0 aromatic heterocycles. The van der Waals surface area contributed by atoms with Crippen molar-refractivity contribution in [3.05, 3.63) is 53.5 Å². The van der Waals surface area contributed by atoms with Crippen molar-refractivity contribution in [2.45, 2.75) is 0 Å². The third kappa shape index (κ3) is 3.68. The van der Waals surface area contributed by atoms with Gasteiger partial charge in [-0.3, -0.25) is 9.69 Å². The van der Waals surface area contributed by atoms with Crippen LogP contribution in [0.15, 0.2) is 47.1 Å². The number of anilines is 1. The zero-order valence-corrected chi connectivity index (χ0v) is 17.5. The molecule has 30 heavy (non-hydrogen) atoms. The molecule has 2 aromatic carbocycles. The van der Waals surface area contributed by atoms with E-state index in [1.165, 1.54) is 45.2 Å². The summed E-state index contributed by atoms with van der Waals surface area (Å²) in [5, 5.41) is 0.650. The summed E-state index contributed by atoms with van der Waals surface area (Å²) in [6.45, 7) is 0.350. The highest BCUT2D eigenvalue weighted by Gasteiger charge is 2.35. The molecule has 0 atom stereocenters. The molecule has 0 N–H and O–H groups in total. The van der Waals surface area contributed by atoms with Crippen LogP contribution in [0.5, 0.6) is 17.2 Å². The zero-order chi connectivity index (χ0) is 21.3. The van der Waals surface area contributed by atoms with Crippen molar-refractivity contribution in [3.8, 4) is 17.2 Å². The number of carbonyl (C=O) groups excluding carboxylic acids is 1. The lowest BCUT2D eigenvalue weighted by Gasteiger charge is -2.34. The van der Waals surface area contributed by atoms with Gasteiger partial charge in [0.05, 0.1) is 27.2 Å². The predicted octanol–water partition coefficient (Wildman–Crippen LogP) is 3.56. The Labute approximate surface area is 177 Å². The van der Waals surface area contributed by atoms with E-state index in [4.69, 9.17) is 14.2 Å². The maximum absolute atomic E-state index is 13.2. The summed E-state index contributed by atoms with van der Waals surface area (Å²) >= 11 is 1.46. The Hall–Kier alpha value is -3.20. The van der Waals surface area contributed by atoms with Gasteiger partial charge >= 0.3 is 0 Å². The van der Waals surface area contributed by atoms with E-state index in [0.29, 0.717) is 46.2 Å². The van der Waals surface area contributed by atoms with Crippen molar-refractivity contribution in [3.63, 3.8) is 0 Å². The first kappa shape index (κ1) is 20.1. The van der Waals surface area contributed by atoms with Crippen LogP contribution < -0.4 is 19.1 Å². The molecule has 4 rings (SSSR count). The number of aliphatic imine (C=N–C) groups is 1. The molecule has 0 radical (unpaired) electrons. The molecule has 1 fully saturated rings. The van der Waals surface area contributed by atoms with Crippen LogP contribution in [-0.2, 0) is 4.79 Å². The van der Waals surface area contributed by atoms with Gasteiger partial charge in [0.25, 0.3) is 5.91 Å². The normalized spacial score (nSPS) is 17.1. The average molecular weight is 429 g/mol. The Morgan fingerprint density at radius 2 is 1.73 bits per heavy atom. The van der Waals surface area contributed by atoms with Gasteiger partial charge in [0.1, 0.15) is 18.2 Å². The number of benzene rings is 2. The van der Waals surface area contributed by atoms with Crippen molar-refractivity contribution in [2.75, 3.05) is 38.8 Å². The van der Waals surface area contributed by atoms with E-state index in [2.05, 4.69) is 4.99 Å². The van der Waals surface area contributed by atoms with E-state index in [9.17, 15) is 9.18 Å². The van der Waals surface area contributed by atoms with Gasteiger partial charge < -0.3 is 19.1 Å². The summed E-state index contributed by atoms with van der Waals surface area (Å²) in [6, 6.07) is 9.74. The Morgan fingerprint density at radius 3 is 2.33 bits per heavy atom. The second-order valence-corrected chi connectivity index (χ2v) is 7.46. The molecule has 7 nitrogen and oxygen atoms in total. The van der Waals surface area contributed by atoms with Gasteiger partial charge in [-0.15, -0.1) is 0 Å². The lowest BCUT2D eigenvalue weighted by Crippen LogP contribution is -2.46. The summed E-state index contributed by atoms with van der Waals surface area (Å²) in [4.78, 5) is 21.1. The second-order valence-electron chi connectivity index (χ2n) is 6.55. The zero-order valence-electron chi connectivity index (χ0n) is 16.7. The maximum Gasteiger partial charge on any atom is 0.280 e. The Bertz CT molecular complexity index is 1010. The number of hydrogen-bond acceptors (Lipinski definition) is 7. The number of thioether (sulfide) groups is 1. The molecule has 0 aliphatic carbocycles. The first-order valence-corrected chi connectivity index (χ1v) is 10.1. The molecule has 156 valence electrons. The molecule has 1 saturated heterocycles. The number of fused-ring (bicyclic) bond motifs is 1. The highest BCUT2D eigenvalue weighted by atomic mass is 32.2. The van der Waals surface area contributed by atoms with E-state index in [0.717, 1.165) is 5.69 Å². The molecule has 2 heterocycles.